The highest BCUT2D eigenvalue weighted by molar-refractivity contribution is 5.82. The van der Waals surface area contributed by atoms with Gasteiger partial charge in [0.05, 0.1) is 0 Å². The highest BCUT2D eigenvalue weighted by Crippen LogP contribution is 2.22. The maximum atomic E-state index is 12.1. The second kappa shape index (κ2) is 5.92. The number of carboxylic acid groups (broad SMARTS) is 1. The minimum atomic E-state index is -1.03. The van der Waals surface area contributed by atoms with Crippen LogP contribution in [0.5, 0.6) is 5.75 Å². The second-order valence-electron chi connectivity index (χ2n) is 4.89. The Morgan fingerprint density at radius 3 is 2.65 bits per heavy atom. The van der Waals surface area contributed by atoms with Gasteiger partial charge < -0.3 is 19.8 Å². The number of hydrogen-bond donors (Lipinski definition) is 2. The van der Waals surface area contributed by atoms with Crippen LogP contribution >= 0.6 is 0 Å². The lowest BCUT2D eigenvalue weighted by Gasteiger charge is -2.21. The van der Waals surface area contributed by atoms with Crippen LogP contribution in [0.1, 0.15) is 18.4 Å². The number of carbonyl (C=O) groups is 2. The predicted octanol–water partition coefficient (Wildman–Crippen LogP) is 0.983. The molecule has 1 aromatic rings. The van der Waals surface area contributed by atoms with Crippen molar-refractivity contribution < 1.29 is 24.5 Å². The van der Waals surface area contributed by atoms with Gasteiger partial charge in [0.1, 0.15) is 11.9 Å². The first-order chi connectivity index (χ1) is 9.47. The topological polar surface area (TPSA) is 87.1 Å². The minimum Gasteiger partial charge on any atom is -0.508 e. The maximum Gasteiger partial charge on any atom is 0.332 e. The van der Waals surface area contributed by atoms with Gasteiger partial charge in [-0.05, 0) is 30.5 Å². The van der Waals surface area contributed by atoms with E-state index in [-0.39, 0.29) is 11.7 Å². The van der Waals surface area contributed by atoms with Crippen molar-refractivity contribution in [3.8, 4) is 5.75 Å². The summed E-state index contributed by atoms with van der Waals surface area (Å²) < 4.78 is 5.23. The number of phenolic OH excluding ortho intramolecular Hbond substituents is 1. The van der Waals surface area contributed by atoms with E-state index in [0.717, 1.165) is 5.56 Å². The van der Waals surface area contributed by atoms with Crippen LogP contribution in [0.4, 0.5) is 0 Å². The number of phenols is 1. The molecule has 1 aliphatic rings. The van der Waals surface area contributed by atoms with Crippen molar-refractivity contribution in [2.24, 2.45) is 0 Å². The van der Waals surface area contributed by atoms with Crippen LogP contribution in [0.3, 0.4) is 0 Å². The van der Waals surface area contributed by atoms with E-state index >= 15 is 0 Å². The van der Waals surface area contributed by atoms with Crippen LogP contribution in [-0.2, 0) is 20.9 Å². The SMILES string of the molecule is CN(Cc1cccc(O)c1)C(=O)[C@@H]1CC[C@H](C(=O)O)O1. The summed E-state index contributed by atoms with van der Waals surface area (Å²) in [7, 11) is 1.63. The summed E-state index contributed by atoms with van der Waals surface area (Å²) in [6.45, 7) is 0.338. The van der Waals surface area contributed by atoms with Gasteiger partial charge in [-0.25, -0.2) is 4.79 Å². The molecule has 6 heteroatoms. The van der Waals surface area contributed by atoms with E-state index in [2.05, 4.69) is 0 Å². The number of carbonyl (C=O) groups excluding carboxylic acids is 1. The zero-order valence-corrected chi connectivity index (χ0v) is 11.2. The Morgan fingerprint density at radius 2 is 2.05 bits per heavy atom. The van der Waals surface area contributed by atoms with E-state index in [1.54, 1.807) is 31.3 Å². The Hall–Kier alpha value is -2.08. The van der Waals surface area contributed by atoms with Crippen LogP contribution in [0.2, 0.25) is 0 Å². The van der Waals surface area contributed by atoms with Crippen molar-refractivity contribution in [3.05, 3.63) is 29.8 Å². The number of rotatable bonds is 4. The Morgan fingerprint density at radius 1 is 1.35 bits per heavy atom. The van der Waals surface area contributed by atoms with Crippen molar-refractivity contribution in [1.29, 1.82) is 0 Å². The molecule has 0 aliphatic carbocycles. The average molecular weight is 279 g/mol. The Bertz CT molecular complexity index is 516. The van der Waals surface area contributed by atoms with Crippen LogP contribution in [-0.4, -0.2) is 46.2 Å². The summed E-state index contributed by atoms with van der Waals surface area (Å²) >= 11 is 0. The third kappa shape index (κ3) is 3.27. The standard InChI is InChI=1S/C14H17NO5/c1-15(8-9-3-2-4-10(16)7-9)13(17)11-5-6-12(20-11)14(18)19/h2-4,7,11-12,16H,5-6,8H2,1H3,(H,18,19)/t11-,12+/m0/s1. The van der Waals surface area contributed by atoms with Gasteiger partial charge >= 0.3 is 5.97 Å². The Kier molecular flexibility index (Phi) is 4.24. The molecule has 1 heterocycles. The first kappa shape index (κ1) is 14.3. The van der Waals surface area contributed by atoms with E-state index < -0.39 is 18.2 Å². The normalized spacial score (nSPS) is 21.6. The van der Waals surface area contributed by atoms with Crippen molar-refractivity contribution in [1.82, 2.24) is 4.90 Å². The number of nitrogens with zero attached hydrogens (tertiary/aromatic N) is 1. The molecule has 0 aromatic heterocycles. The largest absolute Gasteiger partial charge is 0.508 e. The van der Waals surface area contributed by atoms with Gasteiger partial charge in [0.15, 0.2) is 6.10 Å². The summed E-state index contributed by atoms with van der Waals surface area (Å²) in [5.74, 6) is -1.13. The molecule has 1 fully saturated rings. The number of amides is 1. The van der Waals surface area contributed by atoms with E-state index in [1.165, 1.54) is 4.90 Å². The van der Waals surface area contributed by atoms with Crippen molar-refractivity contribution in [2.75, 3.05) is 7.05 Å². The highest BCUT2D eigenvalue weighted by atomic mass is 16.5. The highest BCUT2D eigenvalue weighted by Gasteiger charge is 2.35. The Balaban J connectivity index is 1.94. The molecule has 0 radical (unpaired) electrons. The molecule has 2 atom stereocenters. The lowest BCUT2D eigenvalue weighted by Crippen LogP contribution is -2.36. The van der Waals surface area contributed by atoms with E-state index in [4.69, 9.17) is 9.84 Å². The van der Waals surface area contributed by atoms with E-state index in [0.29, 0.717) is 19.4 Å². The smallest absolute Gasteiger partial charge is 0.332 e. The number of benzene rings is 1. The van der Waals surface area contributed by atoms with Gasteiger partial charge in [-0.15, -0.1) is 0 Å². The number of likely N-dealkylation sites (N-methyl/N-ethyl adjacent to an activating group) is 1. The monoisotopic (exact) mass is 279 g/mol. The molecule has 1 aliphatic heterocycles. The van der Waals surface area contributed by atoms with Gasteiger partial charge in [0, 0.05) is 13.6 Å². The molecule has 108 valence electrons. The molecule has 0 bridgehead atoms. The molecule has 1 aromatic carbocycles. The van der Waals surface area contributed by atoms with Gasteiger partial charge in [-0.1, -0.05) is 12.1 Å². The molecule has 20 heavy (non-hydrogen) atoms. The van der Waals surface area contributed by atoms with Crippen molar-refractivity contribution >= 4 is 11.9 Å². The molecule has 0 spiro atoms. The molecular weight excluding hydrogens is 262 g/mol. The van der Waals surface area contributed by atoms with E-state index in [9.17, 15) is 14.7 Å². The molecule has 0 unspecified atom stereocenters. The van der Waals surface area contributed by atoms with Crippen molar-refractivity contribution in [3.63, 3.8) is 0 Å². The molecule has 1 saturated heterocycles. The fourth-order valence-electron chi connectivity index (χ4n) is 2.25. The quantitative estimate of drug-likeness (QED) is 0.858. The lowest BCUT2D eigenvalue weighted by atomic mass is 10.1. The van der Waals surface area contributed by atoms with E-state index in [1.807, 2.05) is 0 Å². The first-order valence-corrected chi connectivity index (χ1v) is 6.38. The number of hydrogen-bond acceptors (Lipinski definition) is 4. The summed E-state index contributed by atoms with van der Waals surface area (Å²) in [6, 6.07) is 6.65. The van der Waals surface area contributed by atoms with Crippen LogP contribution in [0.25, 0.3) is 0 Å². The van der Waals surface area contributed by atoms with Crippen LogP contribution < -0.4 is 0 Å². The molecular formula is C14H17NO5. The third-order valence-electron chi connectivity index (χ3n) is 3.28. The number of aromatic hydroxyl groups is 1. The van der Waals surface area contributed by atoms with Crippen molar-refractivity contribution in [2.45, 2.75) is 31.6 Å². The Labute approximate surface area is 116 Å². The summed E-state index contributed by atoms with van der Waals surface area (Å²) in [6.07, 6.45) is -0.817. The molecule has 2 rings (SSSR count). The number of aliphatic carboxylic acids is 1. The zero-order chi connectivity index (χ0) is 14.7. The number of ether oxygens (including phenoxy) is 1. The van der Waals surface area contributed by atoms with Gasteiger partial charge in [-0.2, -0.15) is 0 Å². The fraction of sp³-hybridized carbons (Fsp3) is 0.429. The average Bonchev–Trinajstić information content (AvgIpc) is 2.87. The van der Waals surface area contributed by atoms with Gasteiger partial charge in [-0.3, -0.25) is 4.79 Å². The predicted molar refractivity (Wildman–Crippen MR) is 70.1 cm³/mol. The first-order valence-electron chi connectivity index (χ1n) is 6.38. The number of carboxylic acids is 1. The van der Waals surface area contributed by atoms with Crippen LogP contribution in [0, 0.1) is 0 Å². The lowest BCUT2D eigenvalue weighted by molar-refractivity contribution is -0.154. The van der Waals surface area contributed by atoms with Crippen LogP contribution in [0.15, 0.2) is 24.3 Å². The second-order valence-corrected chi connectivity index (χ2v) is 4.89. The molecule has 6 nitrogen and oxygen atoms in total. The molecule has 0 saturated carbocycles. The molecule has 2 N–H and O–H groups in total. The minimum absolute atomic E-state index is 0.145. The zero-order valence-electron chi connectivity index (χ0n) is 11.2. The third-order valence-corrected chi connectivity index (χ3v) is 3.28. The summed E-state index contributed by atoms with van der Waals surface area (Å²) in [5.41, 5.74) is 0.800. The van der Waals surface area contributed by atoms with Gasteiger partial charge in [0.25, 0.3) is 5.91 Å². The molecule has 1 amide bonds. The summed E-state index contributed by atoms with van der Waals surface area (Å²) in [4.78, 5) is 24.4. The van der Waals surface area contributed by atoms with Gasteiger partial charge in [0.2, 0.25) is 0 Å². The summed E-state index contributed by atoms with van der Waals surface area (Å²) in [5, 5.41) is 18.2. The maximum absolute atomic E-state index is 12.1. The fourth-order valence-corrected chi connectivity index (χ4v) is 2.25.